The second-order valence-corrected chi connectivity index (χ2v) is 14.2. The first kappa shape index (κ1) is 32.2. The molecule has 0 bridgehead atoms. The molecule has 0 aromatic carbocycles. The van der Waals surface area contributed by atoms with Crippen molar-refractivity contribution in [2.45, 2.75) is 104 Å². The fraction of sp³-hybridized carbons (Fsp3) is 1.00. The molecule has 37 heavy (non-hydrogen) atoms. The van der Waals surface area contributed by atoms with Gasteiger partial charge in [0.15, 0.2) is 0 Å². The van der Waals surface area contributed by atoms with E-state index in [0.29, 0.717) is 47.6 Å². The van der Waals surface area contributed by atoms with Crippen LogP contribution in [0.15, 0.2) is 0 Å². The molecule has 1 saturated heterocycles. The molecule has 4 nitrogen and oxygen atoms in total. The maximum Gasteiger partial charge on any atom is 0.104 e. The molecule has 2 saturated carbocycles. The van der Waals surface area contributed by atoms with Gasteiger partial charge in [0, 0.05) is 11.8 Å². The zero-order valence-corrected chi connectivity index (χ0v) is 26.1. The second kappa shape index (κ2) is 15.6. The minimum Gasteiger partial charge on any atom is -0.381 e. The van der Waals surface area contributed by atoms with Crippen molar-refractivity contribution in [3.05, 3.63) is 0 Å². The van der Waals surface area contributed by atoms with E-state index in [9.17, 15) is 0 Å². The topological polar surface area (TPSA) is 40.2 Å². The van der Waals surface area contributed by atoms with Gasteiger partial charge in [-0.2, -0.15) is 0 Å². The first-order chi connectivity index (χ1) is 17.7. The highest BCUT2D eigenvalue weighted by Gasteiger charge is 2.43. The first-order valence-electron chi connectivity index (χ1n) is 14.8. The van der Waals surface area contributed by atoms with Gasteiger partial charge in [-0.3, -0.25) is 0 Å². The van der Waals surface area contributed by atoms with Crippen LogP contribution in [0.25, 0.3) is 0 Å². The summed E-state index contributed by atoms with van der Waals surface area (Å²) in [5.41, 5.74) is 0.761. The molecule has 3 rings (SSSR count). The largest absolute Gasteiger partial charge is 0.381 e. The SMILES string of the molecule is CC(CCl)COCC1(C)CCCC(C)(C(C)C2CC(CC(CCl)OCC(CCl)OCC3CO3)C2)CCC1. The van der Waals surface area contributed by atoms with Crippen molar-refractivity contribution in [1.29, 1.82) is 0 Å². The van der Waals surface area contributed by atoms with E-state index in [0.717, 1.165) is 44.0 Å². The van der Waals surface area contributed by atoms with Crippen molar-refractivity contribution >= 4 is 34.8 Å². The van der Waals surface area contributed by atoms with Crippen LogP contribution in [0, 0.1) is 34.5 Å². The Kier molecular flexibility index (Phi) is 13.6. The number of hydrogen-bond acceptors (Lipinski definition) is 4. The summed E-state index contributed by atoms with van der Waals surface area (Å²) in [7, 11) is 0. The van der Waals surface area contributed by atoms with Crippen molar-refractivity contribution in [1.82, 2.24) is 0 Å². The molecule has 0 radical (unpaired) electrons. The quantitative estimate of drug-likeness (QED) is 0.129. The maximum atomic E-state index is 6.28. The summed E-state index contributed by atoms with van der Waals surface area (Å²) in [4.78, 5) is 0. The van der Waals surface area contributed by atoms with Gasteiger partial charge in [-0.1, -0.05) is 40.5 Å². The van der Waals surface area contributed by atoms with E-state index in [1.54, 1.807) is 0 Å². The van der Waals surface area contributed by atoms with Crippen molar-refractivity contribution in [2.24, 2.45) is 34.5 Å². The highest BCUT2D eigenvalue weighted by molar-refractivity contribution is 6.18. The minimum absolute atomic E-state index is 0.0821. The molecule has 218 valence electrons. The van der Waals surface area contributed by atoms with Crippen LogP contribution >= 0.6 is 34.8 Å². The third kappa shape index (κ3) is 10.6. The predicted molar refractivity (Wildman–Crippen MR) is 155 cm³/mol. The first-order valence-corrected chi connectivity index (χ1v) is 16.4. The monoisotopic (exact) mass is 582 g/mol. The number of rotatable bonds is 17. The number of epoxide rings is 1. The summed E-state index contributed by atoms with van der Waals surface area (Å²) in [5.74, 6) is 4.39. The Bertz CT molecular complexity index is 630. The van der Waals surface area contributed by atoms with Gasteiger partial charge in [0.2, 0.25) is 0 Å². The predicted octanol–water partition coefficient (Wildman–Crippen LogP) is 7.94. The zero-order valence-electron chi connectivity index (χ0n) is 23.8. The van der Waals surface area contributed by atoms with Gasteiger partial charge in [0.25, 0.3) is 0 Å². The average molecular weight is 584 g/mol. The minimum atomic E-state index is -0.0902. The fourth-order valence-electron chi connectivity index (χ4n) is 6.53. The van der Waals surface area contributed by atoms with Crippen LogP contribution in [0.3, 0.4) is 0 Å². The molecule has 3 aliphatic rings. The van der Waals surface area contributed by atoms with Crippen LogP contribution in [0.1, 0.15) is 85.5 Å². The summed E-state index contributed by atoms with van der Waals surface area (Å²) in [6.45, 7) is 13.2. The molecule has 1 aliphatic heterocycles. The van der Waals surface area contributed by atoms with Crippen molar-refractivity contribution < 1.29 is 18.9 Å². The Balaban J connectivity index is 1.36. The molecule has 0 aromatic rings. The van der Waals surface area contributed by atoms with Gasteiger partial charge in [-0.05, 0) is 79.4 Å². The summed E-state index contributed by atoms with van der Waals surface area (Å²) in [5, 5.41) is 0. The van der Waals surface area contributed by atoms with E-state index in [1.165, 1.54) is 51.4 Å². The summed E-state index contributed by atoms with van der Waals surface area (Å²) >= 11 is 18.3. The number of alkyl halides is 3. The summed E-state index contributed by atoms with van der Waals surface area (Å²) in [6, 6.07) is 0. The van der Waals surface area contributed by atoms with Crippen molar-refractivity contribution in [3.8, 4) is 0 Å². The Morgan fingerprint density at radius 1 is 0.865 bits per heavy atom. The Hall–Kier alpha value is 0.710. The maximum absolute atomic E-state index is 6.28. The molecule has 2 aliphatic carbocycles. The Labute approximate surface area is 242 Å². The highest BCUT2D eigenvalue weighted by atomic mass is 35.5. The molecule has 5 unspecified atom stereocenters. The number of halogens is 3. The lowest BCUT2D eigenvalue weighted by atomic mass is 9.57. The molecule has 3 fully saturated rings. The Morgan fingerprint density at radius 2 is 1.51 bits per heavy atom. The third-order valence-electron chi connectivity index (χ3n) is 9.63. The highest BCUT2D eigenvalue weighted by Crippen LogP contribution is 2.52. The summed E-state index contributed by atoms with van der Waals surface area (Å²) in [6.07, 6.45) is 11.7. The fourth-order valence-corrected chi connectivity index (χ4v) is 7.01. The molecular formula is C30H53Cl3O4. The van der Waals surface area contributed by atoms with Gasteiger partial charge < -0.3 is 18.9 Å². The molecule has 0 N–H and O–H groups in total. The van der Waals surface area contributed by atoms with Crippen LogP contribution in [0.4, 0.5) is 0 Å². The smallest absolute Gasteiger partial charge is 0.104 e. The van der Waals surface area contributed by atoms with E-state index in [-0.39, 0.29) is 18.3 Å². The van der Waals surface area contributed by atoms with Crippen LogP contribution < -0.4 is 0 Å². The van der Waals surface area contributed by atoms with E-state index in [2.05, 4.69) is 27.7 Å². The second-order valence-electron chi connectivity index (χ2n) is 13.2. The lowest BCUT2D eigenvalue weighted by Crippen LogP contribution is -2.40. The normalized spacial score (nSPS) is 35.6. The van der Waals surface area contributed by atoms with Gasteiger partial charge in [-0.25, -0.2) is 0 Å². The van der Waals surface area contributed by atoms with Gasteiger partial charge >= 0.3 is 0 Å². The molecule has 0 amide bonds. The third-order valence-corrected chi connectivity index (χ3v) is 10.8. The zero-order chi connectivity index (χ0) is 26.9. The lowest BCUT2D eigenvalue weighted by molar-refractivity contribution is -0.0507. The summed E-state index contributed by atoms with van der Waals surface area (Å²) < 4.78 is 23.2. The molecular weight excluding hydrogens is 531 g/mol. The van der Waals surface area contributed by atoms with Crippen LogP contribution in [-0.2, 0) is 18.9 Å². The van der Waals surface area contributed by atoms with E-state index < -0.39 is 0 Å². The van der Waals surface area contributed by atoms with E-state index in [1.807, 2.05) is 0 Å². The van der Waals surface area contributed by atoms with Crippen molar-refractivity contribution in [2.75, 3.05) is 50.7 Å². The van der Waals surface area contributed by atoms with Crippen LogP contribution in [0.5, 0.6) is 0 Å². The van der Waals surface area contributed by atoms with Crippen LogP contribution in [-0.4, -0.2) is 69.0 Å². The van der Waals surface area contributed by atoms with Gasteiger partial charge in [0.05, 0.1) is 51.1 Å². The van der Waals surface area contributed by atoms with Gasteiger partial charge in [-0.15, -0.1) is 34.8 Å². The Morgan fingerprint density at radius 3 is 2.08 bits per heavy atom. The van der Waals surface area contributed by atoms with E-state index >= 15 is 0 Å². The van der Waals surface area contributed by atoms with E-state index in [4.69, 9.17) is 53.8 Å². The molecule has 0 aromatic heterocycles. The molecule has 1 heterocycles. The molecule has 7 heteroatoms. The van der Waals surface area contributed by atoms with Gasteiger partial charge in [0.1, 0.15) is 6.10 Å². The number of ether oxygens (including phenoxy) is 4. The average Bonchev–Trinajstić information content (AvgIpc) is 3.67. The molecule has 0 spiro atoms. The number of hydrogen-bond donors (Lipinski definition) is 0. The lowest BCUT2D eigenvalue weighted by Gasteiger charge is -2.49. The van der Waals surface area contributed by atoms with Crippen LogP contribution in [0.2, 0.25) is 0 Å². The standard InChI is InChI=1S/C30H53Cl3O4/c1-22(14-31)17-34-21-29(3)7-5-9-30(4,10-6-8-29)23(2)25-11-24(12-25)13-26(15-32)35-18-27(16-33)36-19-28-20-37-28/h22-28H,5-21H2,1-4H3. The molecule has 5 atom stereocenters. The van der Waals surface area contributed by atoms with Crippen molar-refractivity contribution in [3.63, 3.8) is 0 Å².